The molecule has 0 aromatic carbocycles. The second-order valence-corrected chi connectivity index (χ2v) is 5.03. The van der Waals surface area contributed by atoms with Gasteiger partial charge in [0.2, 0.25) is 0 Å². The van der Waals surface area contributed by atoms with E-state index in [1.165, 1.54) is 0 Å². The summed E-state index contributed by atoms with van der Waals surface area (Å²) in [7, 11) is -0.631. The smallest absolute Gasteiger partial charge is 0.0738 e. The Labute approximate surface area is 45.4 Å². The maximum atomic E-state index is 5.44. The van der Waals surface area contributed by atoms with Crippen LogP contribution in [-0.4, -0.2) is 14.3 Å². The van der Waals surface area contributed by atoms with Crippen LogP contribution in [0.3, 0.4) is 0 Å². The van der Waals surface area contributed by atoms with E-state index in [0.29, 0.717) is 0 Å². The first-order chi connectivity index (χ1) is 2.81. The highest BCUT2D eigenvalue weighted by molar-refractivity contribution is 6.70. The molecule has 0 spiro atoms. The summed E-state index contributed by atoms with van der Waals surface area (Å²) in [6.07, 6.45) is 0. The molecule has 6 heavy (non-hydrogen) atoms. The van der Waals surface area contributed by atoms with E-state index in [2.05, 4.69) is 13.1 Å². The molecule has 0 radical (unpaired) electrons. The van der Waals surface area contributed by atoms with Gasteiger partial charge in [0.25, 0.3) is 0 Å². The van der Waals surface area contributed by atoms with Crippen LogP contribution in [0.25, 0.3) is 0 Å². The molecule has 0 nitrogen and oxygen atoms in total. The molecule has 1 atom stereocenters. The Hall–Kier alpha value is 0.247. The highest BCUT2D eigenvalue weighted by Gasteiger charge is 1.89. The van der Waals surface area contributed by atoms with Crippen LogP contribution in [-0.2, 0) is 0 Å². The van der Waals surface area contributed by atoms with Crippen molar-refractivity contribution < 1.29 is 0 Å². The first-order valence-electron chi connectivity index (χ1n) is 1.99. The second-order valence-electron chi connectivity index (χ2n) is 1.37. The maximum absolute atomic E-state index is 5.44. The molecule has 2 heteroatoms. The van der Waals surface area contributed by atoms with Gasteiger partial charge in [0.1, 0.15) is 0 Å². The minimum atomic E-state index is -0.631. The molecule has 0 fully saturated rings. The molecule has 0 heterocycles. The third-order valence-corrected chi connectivity index (χ3v) is 3.40. The first kappa shape index (κ1) is 6.25. The van der Waals surface area contributed by atoms with Gasteiger partial charge in [-0.1, -0.05) is 6.55 Å². The number of hydrogen-bond donors (Lipinski definition) is 0. The third-order valence-electron chi connectivity index (χ3n) is 0.646. The van der Waals surface area contributed by atoms with E-state index >= 15 is 0 Å². The molecule has 0 aliphatic heterocycles. The maximum Gasteiger partial charge on any atom is 0.0738 e. The summed E-state index contributed by atoms with van der Waals surface area (Å²) in [5.74, 6) is 0. The lowest BCUT2D eigenvalue weighted by molar-refractivity contribution is 1.93. The quantitative estimate of drug-likeness (QED) is 0.381. The fourth-order valence-electron chi connectivity index (χ4n) is 0.0630. The average Bonchev–Trinajstić information content (AvgIpc) is 1.65. The van der Waals surface area contributed by atoms with Crippen LogP contribution >= 0.6 is 11.6 Å². The van der Waals surface area contributed by atoms with E-state index in [-0.39, 0.29) is 0 Å². The highest BCUT2D eigenvalue weighted by Crippen LogP contribution is 1.83. The van der Waals surface area contributed by atoms with Crippen LogP contribution in [0.2, 0.25) is 6.55 Å². The number of rotatable bonds is 2. The molecule has 36 valence electrons. The number of hydrogen-bond acceptors (Lipinski definition) is 0. The van der Waals surface area contributed by atoms with Crippen molar-refractivity contribution in [3.8, 4) is 0 Å². The van der Waals surface area contributed by atoms with Crippen LogP contribution in [0, 0.1) is 0 Å². The van der Waals surface area contributed by atoms with E-state index in [0.717, 1.165) is 5.50 Å². The molecular weight excluding hydrogens is 112 g/mol. The van der Waals surface area contributed by atoms with Crippen LogP contribution < -0.4 is 0 Å². The lowest BCUT2D eigenvalue weighted by Crippen LogP contribution is -2.03. The van der Waals surface area contributed by atoms with Crippen LogP contribution in [0.1, 0.15) is 0 Å². The fraction of sp³-hybridized carbons (Fsp3) is 0.500. The lowest BCUT2D eigenvalue weighted by atomic mass is 11.3. The van der Waals surface area contributed by atoms with Gasteiger partial charge in [0.05, 0.1) is 8.80 Å². The molecule has 0 bridgehead atoms. The summed E-state index contributed by atoms with van der Waals surface area (Å²) >= 11 is 5.44. The highest BCUT2D eigenvalue weighted by atomic mass is 35.5. The van der Waals surface area contributed by atoms with Gasteiger partial charge in [-0.2, -0.15) is 0 Å². The zero-order valence-corrected chi connectivity index (χ0v) is 5.86. The van der Waals surface area contributed by atoms with Crippen molar-refractivity contribution in [3.05, 3.63) is 12.3 Å². The number of alkyl halides is 1. The van der Waals surface area contributed by atoms with Crippen molar-refractivity contribution >= 4 is 20.4 Å². The fourth-order valence-corrected chi connectivity index (χ4v) is 0.567. The SMILES string of the molecule is C=C[SiH](C)CCl. The molecule has 0 N–H and O–H groups in total. The molecule has 0 amide bonds. The molecule has 1 unspecified atom stereocenters. The largest absolute Gasteiger partial charge is 0.130 e. The van der Waals surface area contributed by atoms with Crippen LogP contribution in [0.5, 0.6) is 0 Å². The minimum Gasteiger partial charge on any atom is -0.130 e. The Morgan fingerprint density at radius 2 is 2.50 bits per heavy atom. The molecule has 0 aromatic heterocycles. The zero-order chi connectivity index (χ0) is 4.99. The Morgan fingerprint density at radius 3 is 2.50 bits per heavy atom. The predicted molar refractivity (Wildman–Crippen MR) is 33.9 cm³/mol. The van der Waals surface area contributed by atoms with Gasteiger partial charge in [-0.25, -0.2) is 0 Å². The van der Waals surface area contributed by atoms with Crippen molar-refractivity contribution in [1.29, 1.82) is 0 Å². The summed E-state index contributed by atoms with van der Waals surface area (Å²) < 4.78 is 0. The predicted octanol–water partition coefficient (Wildman–Crippen LogP) is 1.35. The summed E-state index contributed by atoms with van der Waals surface area (Å²) in [4.78, 5) is 0. The molecular formula is C4H9ClSi. The zero-order valence-electron chi connectivity index (χ0n) is 3.95. The summed E-state index contributed by atoms with van der Waals surface area (Å²) in [5.41, 5.74) is 2.80. The van der Waals surface area contributed by atoms with E-state index in [4.69, 9.17) is 11.6 Å². The van der Waals surface area contributed by atoms with Crippen molar-refractivity contribution in [2.24, 2.45) is 0 Å². The third kappa shape index (κ3) is 2.48. The molecule has 0 saturated heterocycles. The van der Waals surface area contributed by atoms with Crippen molar-refractivity contribution in [3.63, 3.8) is 0 Å². The Kier molecular flexibility index (Phi) is 3.58. The molecule has 0 saturated carbocycles. The van der Waals surface area contributed by atoms with Gasteiger partial charge in [-0.3, -0.25) is 0 Å². The average molecular weight is 121 g/mol. The molecule has 0 aromatic rings. The second kappa shape index (κ2) is 3.44. The Bertz CT molecular complexity index is 44.8. The van der Waals surface area contributed by atoms with Crippen LogP contribution in [0.4, 0.5) is 0 Å². The summed E-state index contributed by atoms with van der Waals surface area (Å²) in [5, 5.41) is 0. The normalized spacial score (nSPS) is 13.7. The monoisotopic (exact) mass is 120 g/mol. The van der Waals surface area contributed by atoms with Crippen LogP contribution in [0.15, 0.2) is 12.3 Å². The van der Waals surface area contributed by atoms with Crippen molar-refractivity contribution in [1.82, 2.24) is 0 Å². The summed E-state index contributed by atoms with van der Waals surface area (Å²) in [6.45, 7) is 5.78. The molecule has 0 aliphatic carbocycles. The topological polar surface area (TPSA) is 0 Å². The van der Waals surface area contributed by atoms with Gasteiger partial charge in [-0.05, 0) is 0 Å². The van der Waals surface area contributed by atoms with E-state index in [1.807, 2.05) is 5.70 Å². The van der Waals surface area contributed by atoms with E-state index in [1.54, 1.807) is 0 Å². The number of halogens is 1. The summed E-state index contributed by atoms with van der Waals surface area (Å²) in [6, 6.07) is 0. The van der Waals surface area contributed by atoms with Gasteiger partial charge < -0.3 is 0 Å². The lowest BCUT2D eigenvalue weighted by Gasteiger charge is -1.89. The van der Waals surface area contributed by atoms with E-state index in [9.17, 15) is 0 Å². The molecule has 0 aliphatic rings. The Balaban J connectivity index is 2.96. The first-order valence-corrected chi connectivity index (χ1v) is 5.17. The standard InChI is InChI=1S/C4H9ClSi/c1-3-6(2)4-5/h3,6H,1,4H2,2H3. The van der Waals surface area contributed by atoms with Crippen molar-refractivity contribution in [2.45, 2.75) is 6.55 Å². The molecule has 0 rings (SSSR count). The minimum absolute atomic E-state index is 0.631. The van der Waals surface area contributed by atoms with Gasteiger partial charge >= 0.3 is 0 Å². The van der Waals surface area contributed by atoms with Gasteiger partial charge in [-0.15, -0.1) is 23.9 Å². The van der Waals surface area contributed by atoms with Gasteiger partial charge in [0, 0.05) is 5.50 Å². The van der Waals surface area contributed by atoms with E-state index < -0.39 is 8.80 Å². The van der Waals surface area contributed by atoms with Crippen molar-refractivity contribution in [2.75, 3.05) is 5.50 Å². The van der Waals surface area contributed by atoms with Gasteiger partial charge in [0.15, 0.2) is 0 Å². The Morgan fingerprint density at radius 1 is 2.00 bits per heavy atom.